The van der Waals surface area contributed by atoms with Crippen molar-refractivity contribution >= 4 is 28.4 Å². The highest BCUT2D eigenvalue weighted by Gasteiger charge is 1.86. The van der Waals surface area contributed by atoms with E-state index in [-0.39, 0.29) is 5.88 Å². The molecule has 0 aliphatic rings. The Morgan fingerprint density at radius 3 is 2.47 bits per heavy atom. The molecule has 3 nitrogen and oxygen atoms in total. The first-order valence-corrected chi connectivity index (χ1v) is 4.91. The molecular weight excluding hydrogens is 212 g/mol. The van der Waals surface area contributed by atoms with Crippen LogP contribution in [0.25, 0.3) is 10.9 Å². The van der Waals surface area contributed by atoms with Gasteiger partial charge in [0.1, 0.15) is 5.88 Å². The quantitative estimate of drug-likeness (QED) is 0.750. The van der Waals surface area contributed by atoms with Crippen LogP contribution in [0.1, 0.15) is 0 Å². The monoisotopic (exact) mass is 222 g/mol. The van der Waals surface area contributed by atoms with Gasteiger partial charge in [-0.1, -0.05) is 24.3 Å². The average Bonchev–Trinajstić information content (AvgIpc) is 2.30. The van der Waals surface area contributed by atoms with Gasteiger partial charge in [-0.3, -0.25) is 9.78 Å². The molecule has 0 fully saturated rings. The largest absolute Gasteiger partial charge is 0.369 e. The van der Waals surface area contributed by atoms with E-state index in [1.807, 2.05) is 30.5 Å². The van der Waals surface area contributed by atoms with Crippen LogP contribution in [0, 0.1) is 0 Å². The molecule has 15 heavy (non-hydrogen) atoms. The number of pyridine rings is 1. The maximum absolute atomic E-state index is 9.46. The molecule has 2 rings (SSSR count). The number of amides is 1. The number of hydrogen-bond acceptors (Lipinski definition) is 2. The summed E-state index contributed by atoms with van der Waals surface area (Å²) in [4.78, 5) is 13.6. The fraction of sp³-hybridized carbons (Fsp3) is 0.0909. The molecule has 78 valence electrons. The number of carbonyl (C=O) groups excluding carboxylic acids is 1. The van der Waals surface area contributed by atoms with Crippen molar-refractivity contribution < 1.29 is 4.79 Å². The number of alkyl halides is 1. The van der Waals surface area contributed by atoms with Crippen LogP contribution in [0.15, 0.2) is 42.6 Å². The van der Waals surface area contributed by atoms with Gasteiger partial charge in [-0.2, -0.15) is 0 Å². The first-order chi connectivity index (χ1) is 7.24. The lowest BCUT2D eigenvalue weighted by Gasteiger charge is -1.91. The number of hydrogen-bond donors (Lipinski definition) is 1. The van der Waals surface area contributed by atoms with Gasteiger partial charge in [0.2, 0.25) is 5.91 Å². The van der Waals surface area contributed by atoms with E-state index >= 15 is 0 Å². The number of primary amides is 1. The van der Waals surface area contributed by atoms with E-state index in [1.54, 1.807) is 0 Å². The highest BCUT2D eigenvalue weighted by atomic mass is 35.5. The van der Waals surface area contributed by atoms with Crippen molar-refractivity contribution in [1.82, 2.24) is 4.98 Å². The van der Waals surface area contributed by atoms with Gasteiger partial charge in [0.25, 0.3) is 0 Å². The molecule has 0 aliphatic heterocycles. The molecule has 1 heterocycles. The van der Waals surface area contributed by atoms with Crippen LogP contribution in [-0.4, -0.2) is 16.8 Å². The molecule has 4 heteroatoms. The molecule has 0 aliphatic carbocycles. The molecule has 0 spiro atoms. The molecule has 0 atom stereocenters. The standard InChI is InChI=1S/C9H7N.C2H4ClNO/c1-2-6-9-8(4-1)5-3-7-10-9;3-1-2(4)5/h1-7H;1H2,(H2,4,5). The van der Waals surface area contributed by atoms with E-state index in [4.69, 9.17) is 11.6 Å². The van der Waals surface area contributed by atoms with Crippen molar-refractivity contribution in [2.45, 2.75) is 0 Å². The molecule has 2 aromatic rings. The van der Waals surface area contributed by atoms with Crippen LogP contribution in [0.2, 0.25) is 0 Å². The molecule has 0 saturated heterocycles. The van der Waals surface area contributed by atoms with Crippen molar-refractivity contribution in [3.05, 3.63) is 42.6 Å². The Bertz CT molecular complexity index is 380. The van der Waals surface area contributed by atoms with Crippen molar-refractivity contribution in [3.8, 4) is 0 Å². The molecule has 0 unspecified atom stereocenters. The lowest BCUT2D eigenvalue weighted by Crippen LogP contribution is -2.10. The van der Waals surface area contributed by atoms with Crippen LogP contribution in [0.5, 0.6) is 0 Å². The van der Waals surface area contributed by atoms with Crippen LogP contribution >= 0.6 is 11.6 Å². The van der Waals surface area contributed by atoms with Gasteiger partial charge in [0.15, 0.2) is 0 Å². The molecule has 1 aromatic heterocycles. The van der Waals surface area contributed by atoms with E-state index in [9.17, 15) is 4.79 Å². The van der Waals surface area contributed by atoms with E-state index < -0.39 is 5.91 Å². The highest BCUT2D eigenvalue weighted by Crippen LogP contribution is 2.07. The minimum atomic E-state index is -0.480. The Kier molecular flexibility index (Phi) is 4.57. The number of halogens is 1. The summed E-state index contributed by atoms with van der Waals surface area (Å²) < 4.78 is 0. The number of rotatable bonds is 1. The highest BCUT2D eigenvalue weighted by molar-refractivity contribution is 6.27. The number of aromatic nitrogens is 1. The zero-order valence-corrected chi connectivity index (χ0v) is 8.82. The average molecular weight is 223 g/mol. The molecule has 0 saturated carbocycles. The summed E-state index contributed by atoms with van der Waals surface area (Å²) in [6.07, 6.45) is 1.81. The van der Waals surface area contributed by atoms with Gasteiger partial charge >= 0.3 is 0 Å². The predicted octanol–water partition coefficient (Wildman–Crippen LogP) is 1.95. The molecule has 1 amide bonds. The third kappa shape index (κ3) is 3.95. The number of nitrogens with zero attached hydrogens (tertiary/aromatic N) is 1. The Balaban J connectivity index is 0.000000195. The zero-order chi connectivity index (χ0) is 11.1. The fourth-order valence-corrected chi connectivity index (χ4v) is 1.02. The second kappa shape index (κ2) is 5.98. The summed E-state index contributed by atoms with van der Waals surface area (Å²) in [5, 5.41) is 1.20. The van der Waals surface area contributed by atoms with Gasteiger partial charge in [0, 0.05) is 11.6 Å². The smallest absolute Gasteiger partial charge is 0.232 e. The summed E-state index contributed by atoms with van der Waals surface area (Å²) in [6.45, 7) is 0. The molecule has 2 N–H and O–H groups in total. The number of para-hydroxylation sites is 1. The minimum Gasteiger partial charge on any atom is -0.369 e. The summed E-state index contributed by atoms with van der Waals surface area (Å²) in [6, 6.07) is 12.1. The van der Waals surface area contributed by atoms with Crippen LogP contribution in [0.4, 0.5) is 0 Å². The Morgan fingerprint density at radius 1 is 1.27 bits per heavy atom. The Hall–Kier alpha value is -1.61. The summed E-state index contributed by atoms with van der Waals surface area (Å²) >= 11 is 4.86. The third-order valence-electron chi connectivity index (χ3n) is 1.64. The number of fused-ring (bicyclic) bond motifs is 1. The first-order valence-electron chi connectivity index (χ1n) is 4.38. The molecule has 0 bridgehead atoms. The van der Waals surface area contributed by atoms with Gasteiger partial charge in [-0.25, -0.2) is 0 Å². The number of nitrogens with two attached hydrogens (primary N) is 1. The SMILES string of the molecule is NC(=O)CCl.c1ccc2ncccc2c1. The van der Waals surface area contributed by atoms with Gasteiger partial charge in [0.05, 0.1) is 5.52 Å². The van der Waals surface area contributed by atoms with E-state index in [0.717, 1.165) is 5.52 Å². The summed E-state index contributed by atoms with van der Waals surface area (Å²) in [5.41, 5.74) is 5.58. The Morgan fingerprint density at radius 2 is 1.87 bits per heavy atom. The van der Waals surface area contributed by atoms with E-state index in [1.165, 1.54) is 5.39 Å². The number of carbonyl (C=O) groups is 1. The lowest BCUT2D eigenvalue weighted by molar-refractivity contribution is -0.115. The number of benzene rings is 1. The second-order valence-electron chi connectivity index (χ2n) is 2.80. The molecular formula is C11H11ClN2O. The van der Waals surface area contributed by atoms with Gasteiger partial charge < -0.3 is 5.73 Å². The van der Waals surface area contributed by atoms with Crippen molar-refractivity contribution in [1.29, 1.82) is 0 Å². The Labute approximate surface area is 92.9 Å². The van der Waals surface area contributed by atoms with Crippen molar-refractivity contribution in [2.75, 3.05) is 5.88 Å². The van der Waals surface area contributed by atoms with Crippen LogP contribution in [-0.2, 0) is 4.79 Å². The van der Waals surface area contributed by atoms with Crippen molar-refractivity contribution in [3.63, 3.8) is 0 Å². The van der Waals surface area contributed by atoms with Crippen LogP contribution < -0.4 is 5.73 Å². The minimum absolute atomic E-state index is 0.0833. The predicted molar refractivity (Wildman–Crippen MR) is 61.7 cm³/mol. The molecule has 1 aromatic carbocycles. The van der Waals surface area contributed by atoms with Gasteiger partial charge in [-0.15, -0.1) is 11.6 Å². The topological polar surface area (TPSA) is 56.0 Å². The van der Waals surface area contributed by atoms with E-state index in [2.05, 4.69) is 22.9 Å². The second-order valence-corrected chi connectivity index (χ2v) is 3.06. The zero-order valence-electron chi connectivity index (χ0n) is 8.06. The van der Waals surface area contributed by atoms with Crippen molar-refractivity contribution in [2.24, 2.45) is 5.73 Å². The van der Waals surface area contributed by atoms with Gasteiger partial charge in [-0.05, 0) is 12.1 Å². The van der Waals surface area contributed by atoms with E-state index in [0.29, 0.717) is 0 Å². The molecule has 0 radical (unpaired) electrons. The fourth-order valence-electron chi connectivity index (χ4n) is 1.02. The first kappa shape index (κ1) is 11.5. The summed E-state index contributed by atoms with van der Waals surface area (Å²) in [5.74, 6) is -0.563. The van der Waals surface area contributed by atoms with Crippen LogP contribution in [0.3, 0.4) is 0 Å². The normalized spacial score (nSPS) is 9.13. The maximum Gasteiger partial charge on any atom is 0.232 e. The third-order valence-corrected chi connectivity index (χ3v) is 1.91. The summed E-state index contributed by atoms with van der Waals surface area (Å²) in [7, 11) is 0. The maximum atomic E-state index is 9.46. The lowest BCUT2D eigenvalue weighted by atomic mass is 10.2.